The number of pyridine rings is 2. The number of nitrogens with zero attached hydrogens (tertiary/aromatic N) is 2. The maximum atomic E-state index is 11.9. The summed E-state index contributed by atoms with van der Waals surface area (Å²) >= 11 is 0. The smallest absolute Gasteiger partial charge is 0.250 e. The molecule has 140 valence electrons. The molecule has 2 aromatic heterocycles. The number of carbonyl (C=O) groups excluding carboxylic acids is 1. The van der Waals surface area contributed by atoms with E-state index in [-0.39, 0.29) is 12.5 Å². The molecule has 0 bridgehead atoms. The van der Waals surface area contributed by atoms with Crippen molar-refractivity contribution in [2.45, 2.75) is 6.92 Å². The van der Waals surface area contributed by atoms with Gasteiger partial charge in [0.1, 0.15) is 18.1 Å². The summed E-state index contributed by atoms with van der Waals surface area (Å²) in [4.78, 5) is 20.8. The number of hydrogen-bond donors (Lipinski definition) is 1. The molecule has 0 spiro atoms. The minimum atomic E-state index is -0.250. The van der Waals surface area contributed by atoms with Crippen LogP contribution >= 0.6 is 0 Å². The van der Waals surface area contributed by atoms with Gasteiger partial charge in [0.2, 0.25) is 5.91 Å². The molecular formula is C20H21N3O4. The molecule has 0 unspecified atom stereocenters. The van der Waals surface area contributed by atoms with Gasteiger partial charge in [-0.15, -0.1) is 0 Å². The molecule has 0 saturated heterocycles. The van der Waals surface area contributed by atoms with E-state index >= 15 is 0 Å². The molecule has 0 atom stereocenters. The van der Waals surface area contributed by atoms with E-state index in [0.717, 1.165) is 27.7 Å². The molecule has 27 heavy (non-hydrogen) atoms. The van der Waals surface area contributed by atoms with Crippen LogP contribution in [0, 0.1) is 6.92 Å². The zero-order valence-corrected chi connectivity index (χ0v) is 15.7. The van der Waals surface area contributed by atoms with E-state index < -0.39 is 0 Å². The molecule has 7 heteroatoms. The molecule has 0 fully saturated rings. The molecule has 2 heterocycles. The SMILES string of the molecule is COCC(=O)Nc1cc2c(C)cc(-c3cncc(OC)c3)nc2cc1OC. The van der Waals surface area contributed by atoms with Crippen LogP contribution in [0.1, 0.15) is 5.56 Å². The Bertz CT molecular complexity index is 988. The van der Waals surface area contributed by atoms with Crippen LogP contribution in [0.4, 0.5) is 5.69 Å². The summed E-state index contributed by atoms with van der Waals surface area (Å²) < 4.78 is 15.5. The number of aromatic nitrogens is 2. The van der Waals surface area contributed by atoms with Crippen LogP contribution in [-0.4, -0.2) is 43.8 Å². The summed E-state index contributed by atoms with van der Waals surface area (Å²) in [5.41, 5.74) is 3.99. The third-order valence-corrected chi connectivity index (χ3v) is 4.13. The fourth-order valence-corrected chi connectivity index (χ4v) is 2.82. The Labute approximate surface area is 157 Å². The topological polar surface area (TPSA) is 82.6 Å². The van der Waals surface area contributed by atoms with Gasteiger partial charge in [0.25, 0.3) is 0 Å². The van der Waals surface area contributed by atoms with Crippen molar-refractivity contribution >= 4 is 22.5 Å². The second kappa shape index (κ2) is 8.01. The van der Waals surface area contributed by atoms with Crippen molar-refractivity contribution < 1.29 is 19.0 Å². The summed E-state index contributed by atoms with van der Waals surface area (Å²) in [6.45, 7) is 1.97. The lowest BCUT2D eigenvalue weighted by molar-refractivity contribution is -0.119. The largest absolute Gasteiger partial charge is 0.495 e. The first-order valence-corrected chi connectivity index (χ1v) is 8.33. The van der Waals surface area contributed by atoms with Gasteiger partial charge >= 0.3 is 0 Å². The van der Waals surface area contributed by atoms with E-state index in [4.69, 9.17) is 19.2 Å². The number of methoxy groups -OCH3 is 3. The number of carbonyl (C=O) groups is 1. The molecule has 0 radical (unpaired) electrons. The van der Waals surface area contributed by atoms with Crippen molar-refractivity contribution in [1.29, 1.82) is 0 Å². The summed E-state index contributed by atoms with van der Waals surface area (Å²) in [5, 5.41) is 3.72. The Morgan fingerprint density at radius 3 is 2.59 bits per heavy atom. The number of fused-ring (bicyclic) bond motifs is 1. The predicted molar refractivity (Wildman–Crippen MR) is 103 cm³/mol. The number of amides is 1. The number of rotatable bonds is 6. The highest BCUT2D eigenvalue weighted by Crippen LogP contribution is 2.33. The number of ether oxygens (including phenoxy) is 3. The van der Waals surface area contributed by atoms with Crippen LogP contribution in [0.2, 0.25) is 0 Å². The van der Waals surface area contributed by atoms with Gasteiger partial charge in [-0.1, -0.05) is 0 Å². The summed E-state index contributed by atoms with van der Waals surface area (Å²) in [6, 6.07) is 7.53. The van der Waals surface area contributed by atoms with Crippen molar-refractivity contribution in [3.05, 3.63) is 42.2 Å². The lowest BCUT2D eigenvalue weighted by Gasteiger charge is -2.13. The fraction of sp³-hybridized carbons (Fsp3) is 0.250. The Hall–Kier alpha value is -3.19. The van der Waals surface area contributed by atoms with Crippen molar-refractivity contribution in [2.75, 3.05) is 33.3 Å². The van der Waals surface area contributed by atoms with Crippen molar-refractivity contribution in [1.82, 2.24) is 9.97 Å². The molecule has 0 aliphatic carbocycles. The molecule has 0 aliphatic rings. The molecule has 1 aromatic carbocycles. The van der Waals surface area contributed by atoms with E-state index in [1.54, 1.807) is 26.6 Å². The van der Waals surface area contributed by atoms with Crippen LogP contribution in [0.25, 0.3) is 22.2 Å². The zero-order valence-electron chi connectivity index (χ0n) is 15.7. The molecule has 1 N–H and O–H groups in total. The van der Waals surface area contributed by atoms with Gasteiger partial charge in [0.05, 0.1) is 37.3 Å². The molecule has 3 rings (SSSR count). The first kappa shape index (κ1) is 18.6. The van der Waals surface area contributed by atoms with Crippen molar-refractivity contribution in [3.8, 4) is 22.8 Å². The highest BCUT2D eigenvalue weighted by atomic mass is 16.5. The van der Waals surface area contributed by atoms with Crippen molar-refractivity contribution in [2.24, 2.45) is 0 Å². The first-order chi connectivity index (χ1) is 13.0. The van der Waals surface area contributed by atoms with Crippen LogP contribution in [0.5, 0.6) is 11.5 Å². The first-order valence-electron chi connectivity index (χ1n) is 8.33. The standard InChI is InChI=1S/C20H21N3O4/c1-12-5-16(13-6-14(26-3)10-21-9-13)22-17-8-19(27-4)18(7-15(12)17)23-20(24)11-25-2/h5-10H,11H2,1-4H3,(H,23,24). The average molecular weight is 367 g/mol. The highest BCUT2D eigenvalue weighted by molar-refractivity contribution is 5.98. The molecule has 7 nitrogen and oxygen atoms in total. The summed E-state index contributed by atoms with van der Waals surface area (Å²) in [7, 11) is 4.63. The third-order valence-electron chi connectivity index (χ3n) is 4.13. The number of anilines is 1. The van der Waals surface area contributed by atoms with Gasteiger partial charge < -0.3 is 19.5 Å². The van der Waals surface area contributed by atoms with E-state index in [2.05, 4.69) is 10.3 Å². The maximum Gasteiger partial charge on any atom is 0.250 e. The Morgan fingerprint density at radius 1 is 1.07 bits per heavy atom. The van der Waals surface area contributed by atoms with Gasteiger partial charge in [-0.25, -0.2) is 4.98 Å². The van der Waals surface area contributed by atoms with E-state index in [1.807, 2.05) is 31.2 Å². The maximum absolute atomic E-state index is 11.9. The van der Waals surface area contributed by atoms with Gasteiger partial charge in [0, 0.05) is 30.3 Å². The quantitative estimate of drug-likeness (QED) is 0.720. The average Bonchev–Trinajstić information content (AvgIpc) is 2.68. The summed E-state index contributed by atoms with van der Waals surface area (Å²) in [6.07, 6.45) is 3.39. The Morgan fingerprint density at radius 2 is 1.89 bits per heavy atom. The molecule has 0 aliphatic heterocycles. The lowest BCUT2D eigenvalue weighted by atomic mass is 10.0. The van der Waals surface area contributed by atoms with E-state index in [0.29, 0.717) is 17.2 Å². The van der Waals surface area contributed by atoms with Crippen molar-refractivity contribution in [3.63, 3.8) is 0 Å². The molecule has 0 saturated carbocycles. The molecule has 1 amide bonds. The third kappa shape index (κ3) is 3.98. The molecular weight excluding hydrogens is 346 g/mol. The number of nitrogens with one attached hydrogen (secondary N) is 1. The lowest BCUT2D eigenvalue weighted by Crippen LogP contribution is -2.17. The monoisotopic (exact) mass is 367 g/mol. The van der Waals surface area contributed by atoms with E-state index in [1.165, 1.54) is 7.11 Å². The van der Waals surface area contributed by atoms with E-state index in [9.17, 15) is 4.79 Å². The molecule has 3 aromatic rings. The second-order valence-corrected chi connectivity index (χ2v) is 5.99. The minimum absolute atomic E-state index is 0.0276. The van der Waals surface area contributed by atoms with Crippen LogP contribution in [0.3, 0.4) is 0 Å². The second-order valence-electron chi connectivity index (χ2n) is 5.99. The summed E-state index contributed by atoms with van der Waals surface area (Å²) in [5.74, 6) is 0.945. The van der Waals surface area contributed by atoms with Gasteiger partial charge in [-0.2, -0.15) is 0 Å². The Kier molecular flexibility index (Phi) is 5.52. The van der Waals surface area contributed by atoms with Crippen LogP contribution in [-0.2, 0) is 9.53 Å². The number of aryl methyl sites for hydroxylation is 1. The normalized spacial score (nSPS) is 10.7. The number of benzene rings is 1. The predicted octanol–water partition coefficient (Wildman–Crippen LogP) is 3.21. The highest BCUT2D eigenvalue weighted by Gasteiger charge is 2.13. The fourth-order valence-electron chi connectivity index (χ4n) is 2.82. The Balaban J connectivity index is 2.08. The van der Waals surface area contributed by atoms with Crippen LogP contribution < -0.4 is 14.8 Å². The van der Waals surface area contributed by atoms with Crippen LogP contribution in [0.15, 0.2) is 36.7 Å². The minimum Gasteiger partial charge on any atom is -0.495 e. The van der Waals surface area contributed by atoms with Gasteiger partial charge in [0.15, 0.2) is 0 Å². The number of hydrogen-bond acceptors (Lipinski definition) is 6. The zero-order chi connectivity index (χ0) is 19.4. The van der Waals surface area contributed by atoms with Gasteiger partial charge in [-0.3, -0.25) is 9.78 Å². The van der Waals surface area contributed by atoms with Gasteiger partial charge in [-0.05, 0) is 30.7 Å².